The Balaban J connectivity index is -0.00000162. The molecule has 0 fully saturated rings. The van der Waals surface area contributed by atoms with Crippen molar-refractivity contribution in [1.29, 1.82) is 0 Å². The van der Waals surface area contributed by atoms with Crippen LogP contribution >= 0.6 is 0 Å². The summed E-state index contributed by atoms with van der Waals surface area (Å²) in [7, 11) is 0. The van der Waals surface area contributed by atoms with E-state index in [1.54, 1.807) is 0 Å². The average Bonchev–Trinajstić information content (AvgIpc) is 2.35. The number of rotatable bonds is 13. The molecule has 0 amide bonds. The van der Waals surface area contributed by atoms with Crippen molar-refractivity contribution in [3.05, 3.63) is 0 Å². The van der Waals surface area contributed by atoms with E-state index < -0.39 is 11.9 Å². The Morgan fingerprint density at radius 2 is 1.19 bits per heavy atom. The maximum Gasteiger partial charge on any atom is 1.00 e. The van der Waals surface area contributed by atoms with Crippen molar-refractivity contribution in [1.82, 2.24) is 4.90 Å². The second kappa shape index (κ2) is 18.1. The standard InChI is InChI=1S/C14H27NO4.2Li/c1-2-3-4-5-6-7-10-15(11-8-13(16)17)12-9-14(18)19;;/h2-12H2,1H3,(H,16,17)(H,18,19);;/q;2*+1/p-2. The topological polar surface area (TPSA) is 83.5 Å². The summed E-state index contributed by atoms with van der Waals surface area (Å²) in [5.74, 6) is -2.19. The van der Waals surface area contributed by atoms with E-state index >= 15 is 0 Å². The van der Waals surface area contributed by atoms with Crippen molar-refractivity contribution in [3.63, 3.8) is 0 Å². The van der Waals surface area contributed by atoms with Crippen molar-refractivity contribution < 1.29 is 57.5 Å². The molecule has 112 valence electrons. The van der Waals surface area contributed by atoms with Crippen molar-refractivity contribution in [2.45, 2.75) is 58.3 Å². The fraction of sp³-hybridized carbons (Fsp3) is 0.857. The van der Waals surface area contributed by atoms with E-state index in [0.717, 1.165) is 19.4 Å². The van der Waals surface area contributed by atoms with Gasteiger partial charge >= 0.3 is 37.7 Å². The smallest absolute Gasteiger partial charge is 0.550 e. The molecule has 0 aromatic heterocycles. The van der Waals surface area contributed by atoms with E-state index in [2.05, 4.69) is 6.92 Å². The molecule has 0 aromatic rings. The van der Waals surface area contributed by atoms with Gasteiger partial charge in [-0.25, -0.2) is 0 Å². The Morgan fingerprint density at radius 1 is 0.762 bits per heavy atom. The molecule has 0 saturated carbocycles. The molecule has 0 aliphatic rings. The molecular formula is C14H25Li2NO4. The van der Waals surface area contributed by atoms with Crippen LogP contribution in [0.3, 0.4) is 0 Å². The Bertz CT molecular complexity index is 247. The Hall–Kier alpha value is 0.0948. The predicted molar refractivity (Wildman–Crippen MR) is 69.1 cm³/mol. The number of hydrogen-bond acceptors (Lipinski definition) is 5. The van der Waals surface area contributed by atoms with Crippen LogP contribution in [-0.2, 0) is 9.59 Å². The van der Waals surface area contributed by atoms with Gasteiger partial charge in [0.25, 0.3) is 0 Å². The second-order valence-electron chi connectivity index (χ2n) is 4.85. The number of carbonyl (C=O) groups is 2. The summed E-state index contributed by atoms with van der Waals surface area (Å²) in [4.78, 5) is 22.7. The number of unbranched alkanes of at least 4 members (excludes halogenated alkanes) is 5. The van der Waals surface area contributed by atoms with Gasteiger partial charge in [0.2, 0.25) is 0 Å². The van der Waals surface area contributed by atoms with E-state index in [1.165, 1.54) is 25.7 Å². The Kier molecular flexibility index (Phi) is 22.5. The Morgan fingerprint density at radius 3 is 1.62 bits per heavy atom. The molecule has 0 bridgehead atoms. The third-order valence-electron chi connectivity index (χ3n) is 3.09. The number of carbonyl (C=O) groups excluding carboxylic acids is 2. The van der Waals surface area contributed by atoms with Crippen molar-refractivity contribution in [2.75, 3.05) is 19.6 Å². The van der Waals surface area contributed by atoms with Crippen LogP contribution in [-0.4, -0.2) is 36.5 Å². The van der Waals surface area contributed by atoms with Gasteiger partial charge in [0, 0.05) is 25.0 Å². The fourth-order valence-electron chi connectivity index (χ4n) is 1.95. The van der Waals surface area contributed by atoms with E-state index in [4.69, 9.17) is 0 Å². The number of carboxylic acid groups (broad SMARTS) is 2. The van der Waals surface area contributed by atoms with Gasteiger partial charge in [0.1, 0.15) is 0 Å². The van der Waals surface area contributed by atoms with Gasteiger partial charge < -0.3 is 24.7 Å². The number of nitrogens with zero attached hydrogens (tertiary/aromatic N) is 1. The number of carboxylic acids is 2. The molecule has 0 rings (SSSR count). The van der Waals surface area contributed by atoms with E-state index in [0.29, 0.717) is 13.1 Å². The third-order valence-corrected chi connectivity index (χ3v) is 3.09. The summed E-state index contributed by atoms with van der Waals surface area (Å²) in [6, 6.07) is 0. The maximum absolute atomic E-state index is 10.4. The predicted octanol–water partition coefficient (Wildman–Crippen LogP) is -6.06. The minimum atomic E-state index is -1.10. The molecule has 0 unspecified atom stereocenters. The van der Waals surface area contributed by atoms with Gasteiger partial charge in [0.15, 0.2) is 0 Å². The first-order valence-electron chi connectivity index (χ1n) is 7.18. The first-order valence-corrected chi connectivity index (χ1v) is 7.18. The number of aliphatic carboxylic acids is 2. The van der Waals surface area contributed by atoms with Crippen LogP contribution in [0.25, 0.3) is 0 Å². The maximum atomic E-state index is 10.4. The quantitative estimate of drug-likeness (QED) is 0.248. The van der Waals surface area contributed by atoms with Gasteiger partial charge in [-0.3, -0.25) is 0 Å². The number of hydrogen-bond donors (Lipinski definition) is 0. The van der Waals surface area contributed by atoms with E-state index in [-0.39, 0.29) is 50.6 Å². The normalized spacial score (nSPS) is 9.81. The van der Waals surface area contributed by atoms with Crippen molar-refractivity contribution in [2.24, 2.45) is 0 Å². The Labute approximate surface area is 152 Å². The van der Waals surface area contributed by atoms with Crippen LogP contribution in [0.1, 0.15) is 58.3 Å². The van der Waals surface area contributed by atoms with Crippen LogP contribution in [0.2, 0.25) is 0 Å². The molecule has 0 heterocycles. The summed E-state index contributed by atoms with van der Waals surface area (Å²) in [6.45, 7) is 3.61. The molecule has 0 spiro atoms. The first kappa shape index (κ1) is 26.0. The molecule has 5 nitrogen and oxygen atoms in total. The van der Waals surface area contributed by atoms with Crippen LogP contribution in [0.15, 0.2) is 0 Å². The summed E-state index contributed by atoms with van der Waals surface area (Å²) in [5, 5.41) is 20.8. The molecule has 7 heteroatoms. The average molecular weight is 285 g/mol. The SMILES string of the molecule is CCCCCCCCN(CCC(=O)[O-])CCC(=O)[O-].[Li+].[Li+]. The van der Waals surface area contributed by atoms with Crippen molar-refractivity contribution in [3.8, 4) is 0 Å². The zero-order valence-corrected chi connectivity index (χ0v) is 13.9. The van der Waals surface area contributed by atoms with E-state index in [1.807, 2.05) is 4.90 Å². The van der Waals surface area contributed by atoms with Gasteiger partial charge in [-0.15, -0.1) is 0 Å². The fourth-order valence-corrected chi connectivity index (χ4v) is 1.95. The van der Waals surface area contributed by atoms with Crippen LogP contribution in [0.4, 0.5) is 0 Å². The van der Waals surface area contributed by atoms with Gasteiger partial charge in [0.05, 0.1) is 0 Å². The van der Waals surface area contributed by atoms with Crippen LogP contribution in [0, 0.1) is 0 Å². The zero-order chi connectivity index (χ0) is 14.5. The summed E-state index contributed by atoms with van der Waals surface area (Å²) < 4.78 is 0. The minimum absolute atomic E-state index is 0. The van der Waals surface area contributed by atoms with Crippen molar-refractivity contribution >= 4 is 11.9 Å². The largest absolute Gasteiger partial charge is 1.00 e. The summed E-state index contributed by atoms with van der Waals surface area (Å²) in [5.41, 5.74) is 0. The summed E-state index contributed by atoms with van der Waals surface area (Å²) in [6.07, 6.45) is 6.85. The molecule has 0 saturated heterocycles. The van der Waals surface area contributed by atoms with Crippen LogP contribution < -0.4 is 47.9 Å². The molecule has 0 aromatic carbocycles. The zero-order valence-electron chi connectivity index (χ0n) is 13.9. The van der Waals surface area contributed by atoms with Gasteiger partial charge in [-0.2, -0.15) is 0 Å². The summed E-state index contributed by atoms with van der Waals surface area (Å²) >= 11 is 0. The van der Waals surface area contributed by atoms with Gasteiger partial charge in [-0.05, 0) is 25.8 Å². The molecule has 0 radical (unpaired) electrons. The first-order chi connectivity index (χ1) is 9.06. The molecule has 0 aliphatic carbocycles. The molecule has 0 atom stereocenters. The van der Waals surface area contributed by atoms with E-state index in [9.17, 15) is 19.8 Å². The molecule has 0 N–H and O–H groups in total. The molecular weight excluding hydrogens is 260 g/mol. The molecule has 21 heavy (non-hydrogen) atoms. The van der Waals surface area contributed by atoms with Crippen LogP contribution in [0.5, 0.6) is 0 Å². The monoisotopic (exact) mass is 285 g/mol. The minimum Gasteiger partial charge on any atom is -0.550 e. The second-order valence-corrected chi connectivity index (χ2v) is 4.85. The third kappa shape index (κ3) is 20.1. The van der Waals surface area contributed by atoms with Gasteiger partial charge in [-0.1, -0.05) is 39.0 Å². The molecule has 0 aliphatic heterocycles.